The van der Waals surface area contributed by atoms with E-state index in [1.54, 1.807) is 0 Å². The van der Waals surface area contributed by atoms with E-state index in [4.69, 9.17) is 4.43 Å². The minimum Gasteiger partial charge on any atom is -0.469 e. The molecule has 120 valence electrons. The number of aldehydes is 1. The molecule has 0 bridgehead atoms. The summed E-state index contributed by atoms with van der Waals surface area (Å²) < 4.78 is 10.8. The number of hydrogen-bond acceptors (Lipinski definition) is 5. The van der Waals surface area contributed by atoms with E-state index >= 15 is 0 Å². The van der Waals surface area contributed by atoms with Crippen molar-refractivity contribution in [1.29, 1.82) is 0 Å². The van der Waals surface area contributed by atoms with Gasteiger partial charge in [-0.15, -0.1) is 0 Å². The molecular formula is C15H26O5Si. The van der Waals surface area contributed by atoms with E-state index in [2.05, 4.69) is 38.6 Å². The fourth-order valence-corrected chi connectivity index (χ4v) is 3.68. The molecule has 5 nitrogen and oxygen atoms in total. The van der Waals surface area contributed by atoms with Gasteiger partial charge in [-0.25, -0.2) is 0 Å². The van der Waals surface area contributed by atoms with Crippen LogP contribution in [0.3, 0.4) is 0 Å². The van der Waals surface area contributed by atoms with E-state index in [0.29, 0.717) is 0 Å². The van der Waals surface area contributed by atoms with Crippen LogP contribution in [0.4, 0.5) is 0 Å². The van der Waals surface area contributed by atoms with E-state index in [0.717, 1.165) is 6.29 Å². The van der Waals surface area contributed by atoms with Crippen LogP contribution in [0.1, 0.15) is 33.6 Å². The van der Waals surface area contributed by atoms with Gasteiger partial charge in [-0.2, -0.15) is 0 Å². The third kappa shape index (κ3) is 4.00. The highest BCUT2D eigenvalue weighted by Crippen LogP contribution is 2.41. The number of ether oxygens (including phenoxy) is 1. The zero-order valence-electron chi connectivity index (χ0n) is 13.8. The smallest absolute Gasteiger partial charge is 0.306 e. The van der Waals surface area contributed by atoms with E-state index in [9.17, 15) is 14.4 Å². The maximum atomic E-state index is 12.1. The monoisotopic (exact) mass is 314 g/mol. The van der Waals surface area contributed by atoms with Gasteiger partial charge in [0.2, 0.25) is 0 Å². The zero-order valence-corrected chi connectivity index (χ0v) is 14.8. The minimum absolute atomic E-state index is 0.00389. The van der Waals surface area contributed by atoms with Crippen LogP contribution in [0.2, 0.25) is 18.1 Å². The summed E-state index contributed by atoms with van der Waals surface area (Å²) in [4.78, 5) is 34.9. The average Bonchev–Trinajstić information content (AvgIpc) is 2.63. The number of Topliss-reactive ketones (excluding diaryl/α,β-unsaturated/α-hetero) is 1. The van der Waals surface area contributed by atoms with Crippen LogP contribution < -0.4 is 0 Å². The minimum atomic E-state index is -2.06. The molecular weight excluding hydrogens is 288 g/mol. The van der Waals surface area contributed by atoms with Gasteiger partial charge < -0.3 is 14.0 Å². The van der Waals surface area contributed by atoms with Crippen molar-refractivity contribution in [2.75, 3.05) is 7.11 Å². The number of hydrogen-bond donors (Lipinski definition) is 0. The van der Waals surface area contributed by atoms with Crippen molar-refractivity contribution in [1.82, 2.24) is 0 Å². The third-order valence-electron chi connectivity index (χ3n) is 4.73. The van der Waals surface area contributed by atoms with Crippen molar-refractivity contribution in [3.05, 3.63) is 0 Å². The van der Waals surface area contributed by atoms with E-state index in [1.165, 1.54) is 7.11 Å². The molecule has 1 aliphatic rings. The number of ketones is 1. The predicted molar refractivity (Wildman–Crippen MR) is 81.4 cm³/mol. The number of methoxy groups -OCH3 is 1. The number of carbonyl (C=O) groups is 3. The molecule has 0 spiro atoms. The summed E-state index contributed by atoms with van der Waals surface area (Å²) in [5.74, 6) is -1.70. The van der Waals surface area contributed by atoms with E-state index in [1.807, 2.05) is 0 Å². The van der Waals surface area contributed by atoms with Crippen LogP contribution >= 0.6 is 0 Å². The summed E-state index contributed by atoms with van der Waals surface area (Å²) in [6, 6.07) is 0. The molecule has 0 unspecified atom stereocenters. The van der Waals surface area contributed by atoms with E-state index < -0.39 is 32.2 Å². The molecule has 1 saturated carbocycles. The summed E-state index contributed by atoms with van der Waals surface area (Å²) in [6.07, 6.45) is 0.509. The van der Waals surface area contributed by atoms with Crippen molar-refractivity contribution in [3.63, 3.8) is 0 Å². The van der Waals surface area contributed by atoms with Crippen LogP contribution in [-0.4, -0.2) is 39.6 Å². The predicted octanol–water partition coefficient (Wildman–Crippen LogP) is 2.34. The Balaban J connectivity index is 2.88. The largest absolute Gasteiger partial charge is 0.469 e. The quantitative estimate of drug-likeness (QED) is 0.442. The molecule has 1 aliphatic carbocycles. The third-order valence-corrected chi connectivity index (χ3v) is 9.24. The van der Waals surface area contributed by atoms with Crippen molar-refractivity contribution < 1.29 is 23.5 Å². The first-order valence-electron chi connectivity index (χ1n) is 7.26. The SMILES string of the molecule is COC(=O)C[C@H]1C(=O)C[C@@H](O[Si](C)(C)C(C)(C)C)[C@@H]1C=O. The Morgan fingerprint density at radius 2 is 1.95 bits per heavy atom. The summed E-state index contributed by atoms with van der Waals surface area (Å²) in [7, 11) is -0.784. The Hall–Kier alpha value is -1.01. The molecule has 0 aromatic carbocycles. The topological polar surface area (TPSA) is 69.7 Å². The fraction of sp³-hybridized carbons (Fsp3) is 0.800. The van der Waals surface area contributed by atoms with Gasteiger partial charge in [0.25, 0.3) is 0 Å². The molecule has 0 heterocycles. The number of esters is 1. The lowest BCUT2D eigenvalue weighted by molar-refractivity contribution is -0.144. The van der Waals surface area contributed by atoms with Crippen LogP contribution in [0, 0.1) is 11.8 Å². The van der Waals surface area contributed by atoms with Crippen molar-refractivity contribution in [2.24, 2.45) is 11.8 Å². The maximum absolute atomic E-state index is 12.1. The lowest BCUT2D eigenvalue weighted by Crippen LogP contribution is -2.45. The molecule has 0 aromatic rings. The average molecular weight is 314 g/mol. The zero-order chi connectivity index (χ0) is 16.4. The second kappa shape index (κ2) is 6.40. The molecule has 0 radical (unpaired) electrons. The fourth-order valence-electron chi connectivity index (χ4n) is 2.33. The van der Waals surface area contributed by atoms with E-state index in [-0.39, 0.29) is 23.7 Å². The Bertz CT molecular complexity index is 424. The Morgan fingerprint density at radius 1 is 1.38 bits per heavy atom. The second-order valence-electron chi connectivity index (χ2n) is 7.19. The standard InChI is InChI=1S/C15H26O5Si/c1-15(2,3)21(5,6)20-13-8-12(17)10(11(13)9-16)7-14(18)19-4/h9-11,13H,7-8H2,1-6H3/t10-,11-,13-/m1/s1. The van der Waals surface area contributed by atoms with Gasteiger partial charge in [-0.05, 0) is 18.1 Å². The molecule has 3 atom stereocenters. The van der Waals surface area contributed by atoms with Crippen molar-refractivity contribution >= 4 is 26.4 Å². The first kappa shape index (κ1) is 18.0. The van der Waals surface area contributed by atoms with Crippen LogP contribution in [0.25, 0.3) is 0 Å². The van der Waals surface area contributed by atoms with Crippen LogP contribution in [-0.2, 0) is 23.5 Å². The van der Waals surface area contributed by atoms with Gasteiger partial charge in [-0.3, -0.25) is 9.59 Å². The van der Waals surface area contributed by atoms with Crippen LogP contribution in [0.15, 0.2) is 0 Å². The molecule has 0 amide bonds. The summed E-state index contributed by atoms with van der Waals surface area (Å²) in [5.41, 5.74) is 0. The number of carbonyl (C=O) groups excluding carboxylic acids is 3. The second-order valence-corrected chi connectivity index (χ2v) is 11.9. The highest BCUT2D eigenvalue weighted by atomic mass is 28.4. The van der Waals surface area contributed by atoms with Crippen molar-refractivity contribution in [2.45, 2.75) is 57.8 Å². The molecule has 0 saturated heterocycles. The highest BCUT2D eigenvalue weighted by Gasteiger charge is 2.48. The van der Waals surface area contributed by atoms with Gasteiger partial charge in [0, 0.05) is 12.3 Å². The lowest BCUT2D eigenvalue weighted by atomic mass is 9.93. The summed E-state index contributed by atoms with van der Waals surface area (Å²) in [6.45, 7) is 10.5. The number of rotatable bonds is 5. The summed E-state index contributed by atoms with van der Waals surface area (Å²) >= 11 is 0. The van der Waals surface area contributed by atoms with Gasteiger partial charge in [0.05, 0.1) is 25.6 Å². The Kier molecular flexibility index (Phi) is 5.49. The molecule has 0 aliphatic heterocycles. The Morgan fingerprint density at radius 3 is 2.38 bits per heavy atom. The molecule has 0 aromatic heterocycles. The molecule has 6 heteroatoms. The van der Waals surface area contributed by atoms with Crippen molar-refractivity contribution in [3.8, 4) is 0 Å². The Labute approximate surface area is 127 Å². The summed E-state index contributed by atoms with van der Waals surface area (Å²) in [5, 5.41) is 0.00389. The first-order valence-corrected chi connectivity index (χ1v) is 10.2. The molecule has 1 rings (SSSR count). The van der Waals surface area contributed by atoms with Gasteiger partial charge in [0.15, 0.2) is 8.32 Å². The first-order chi connectivity index (χ1) is 9.53. The maximum Gasteiger partial charge on any atom is 0.306 e. The molecule has 21 heavy (non-hydrogen) atoms. The normalized spacial score (nSPS) is 26.8. The van der Waals surface area contributed by atoms with Crippen LogP contribution in [0.5, 0.6) is 0 Å². The lowest BCUT2D eigenvalue weighted by Gasteiger charge is -2.39. The molecule has 0 N–H and O–H groups in total. The highest BCUT2D eigenvalue weighted by molar-refractivity contribution is 6.74. The van der Waals surface area contributed by atoms with Gasteiger partial charge in [-0.1, -0.05) is 20.8 Å². The van der Waals surface area contributed by atoms with Gasteiger partial charge >= 0.3 is 5.97 Å². The van der Waals surface area contributed by atoms with Gasteiger partial charge in [0.1, 0.15) is 12.1 Å². The molecule has 1 fully saturated rings.